The molecule has 0 unspecified atom stereocenters. The van der Waals surface area contributed by atoms with E-state index in [0.717, 1.165) is 39.3 Å². The van der Waals surface area contributed by atoms with E-state index in [2.05, 4.69) is 36.5 Å². The number of nitrogen functional groups attached to an aromatic ring is 1. The molecule has 5 heterocycles. The van der Waals surface area contributed by atoms with Gasteiger partial charge in [-0.3, -0.25) is 4.98 Å². The summed E-state index contributed by atoms with van der Waals surface area (Å²) in [7, 11) is 0. The van der Waals surface area contributed by atoms with Crippen molar-refractivity contribution in [2.24, 2.45) is 5.10 Å². The number of nitrogens with two attached hydrogens (primary N) is 1. The highest BCUT2D eigenvalue weighted by Gasteiger charge is 2.22. The number of rotatable bonds is 3. The van der Waals surface area contributed by atoms with E-state index in [4.69, 9.17) is 10.7 Å². The molecule has 1 aliphatic rings. The number of aromatic amines is 1. The fraction of sp³-hybridized carbons (Fsp3) is 0.0870. The first-order valence-electron chi connectivity index (χ1n) is 10.2. The Hall–Kier alpha value is -4.53. The van der Waals surface area contributed by atoms with Crippen molar-refractivity contribution in [2.45, 2.75) is 13.5 Å². The molecule has 0 fully saturated rings. The van der Waals surface area contributed by atoms with E-state index >= 15 is 0 Å². The van der Waals surface area contributed by atoms with Crippen LogP contribution < -0.4 is 11.2 Å². The van der Waals surface area contributed by atoms with Gasteiger partial charge in [-0.25, -0.2) is 15.0 Å². The van der Waals surface area contributed by atoms with E-state index in [1.54, 1.807) is 12.5 Å². The van der Waals surface area contributed by atoms with Crippen molar-refractivity contribution in [2.75, 3.05) is 5.73 Å². The molecule has 1 aliphatic heterocycles. The van der Waals surface area contributed by atoms with E-state index in [9.17, 15) is 0 Å². The summed E-state index contributed by atoms with van der Waals surface area (Å²) in [6, 6.07) is 11.8. The van der Waals surface area contributed by atoms with Crippen LogP contribution >= 0.6 is 0 Å². The van der Waals surface area contributed by atoms with Gasteiger partial charge in [0.1, 0.15) is 11.2 Å². The quantitative estimate of drug-likeness (QED) is 0.385. The van der Waals surface area contributed by atoms with E-state index in [1.165, 1.54) is 0 Å². The smallest absolute Gasteiger partial charge is 0.180 e. The van der Waals surface area contributed by atoms with Gasteiger partial charge in [0.2, 0.25) is 0 Å². The highest BCUT2D eigenvalue weighted by molar-refractivity contribution is 6.13. The van der Waals surface area contributed by atoms with Gasteiger partial charge in [-0.15, -0.1) is 0 Å². The summed E-state index contributed by atoms with van der Waals surface area (Å²) in [4.78, 5) is 21.6. The number of H-pyrrole nitrogens is 1. The Labute approximate surface area is 183 Å². The highest BCUT2D eigenvalue weighted by atomic mass is 15.3. The minimum atomic E-state index is 0.550. The van der Waals surface area contributed by atoms with Crippen molar-refractivity contribution in [1.29, 1.82) is 0 Å². The van der Waals surface area contributed by atoms with Crippen LogP contribution in [-0.4, -0.2) is 35.2 Å². The van der Waals surface area contributed by atoms with Crippen LogP contribution in [0.4, 0.5) is 5.69 Å². The van der Waals surface area contributed by atoms with Crippen LogP contribution in [0.1, 0.15) is 22.8 Å². The average molecular weight is 421 g/mol. The number of benzene rings is 1. The van der Waals surface area contributed by atoms with Gasteiger partial charge in [0, 0.05) is 35.4 Å². The van der Waals surface area contributed by atoms with Crippen molar-refractivity contribution in [3.8, 4) is 16.8 Å². The third-order valence-electron chi connectivity index (χ3n) is 5.47. The summed E-state index contributed by atoms with van der Waals surface area (Å²) in [6.07, 6.45) is 7.34. The summed E-state index contributed by atoms with van der Waals surface area (Å²) in [5.41, 5.74) is 17.5. The number of pyridine rings is 2. The Morgan fingerprint density at radius 1 is 1.06 bits per heavy atom. The number of hydrogen-bond donors (Lipinski definition) is 3. The lowest BCUT2D eigenvalue weighted by atomic mass is 10.00. The first-order chi connectivity index (χ1) is 15.7. The lowest BCUT2D eigenvalue weighted by Crippen LogP contribution is -2.23. The number of hydrazone groups is 1. The largest absolute Gasteiger partial charge is 0.399 e. The minimum absolute atomic E-state index is 0.550. The maximum absolute atomic E-state index is 5.98. The van der Waals surface area contributed by atoms with E-state index in [0.29, 0.717) is 29.4 Å². The summed E-state index contributed by atoms with van der Waals surface area (Å²) in [5.74, 6) is 0.622. The number of anilines is 1. The normalized spacial score (nSPS) is 13.0. The molecule has 4 N–H and O–H groups in total. The Balaban J connectivity index is 1.47. The van der Waals surface area contributed by atoms with Gasteiger partial charge in [0.25, 0.3) is 0 Å². The zero-order valence-electron chi connectivity index (χ0n) is 17.2. The molecule has 6 rings (SSSR count). The van der Waals surface area contributed by atoms with Gasteiger partial charge in [-0.1, -0.05) is 12.1 Å². The second-order valence-electron chi connectivity index (χ2n) is 7.68. The van der Waals surface area contributed by atoms with Crippen LogP contribution in [0.25, 0.3) is 28.0 Å². The van der Waals surface area contributed by atoms with Gasteiger partial charge in [0.15, 0.2) is 11.5 Å². The third-order valence-corrected chi connectivity index (χ3v) is 5.47. The summed E-state index contributed by atoms with van der Waals surface area (Å²) in [5, 5.41) is 4.56. The molecule has 0 aliphatic carbocycles. The molecule has 0 spiro atoms. The molecule has 5 aromatic rings. The molecular weight excluding hydrogens is 402 g/mol. The monoisotopic (exact) mass is 421 g/mol. The summed E-state index contributed by atoms with van der Waals surface area (Å²) in [6.45, 7) is 2.51. The van der Waals surface area contributed by atoms with Gasteiger partial charge >= 0.3 is 0 Å². The molecule has 156 valence electrons. The van der Waals surface area contributed by atoms with E-state index < -0.39 is 0 Å². The van der Waals surface area contributed by atoms with Crippen LogP contribution in [0.15, 0.2) is 66.4 Å². The maximum Gasteiger partial charge on any atom is 0.180 e. The average Bonchev–Trinajstić information content (AvgIpc) is 3.44. The molecule has 0 radical (unpaired) electrons. The number of fused-ring (bicyclic) bond motifs is 2. The highest BCUT2D eigenvalue weighted by Crippen LogP contribution is 2.27. The van der Waals surface area contributed by atoms with Gasteiger partial charge in [-0.2, -0.15) is 5.10 Å². The second kappa shape index (κ2) is 7.02. The fourth-order valence-corrected chi connectivity index (χ4v) is 3.93. The van der Waals surface area contributed by atoms with Crippen LogP contribution in [0, 0.1) is 6.92 Å². The van der Waals surface area contributed by atoms with Gasteiger partial charge in [-0.05, 0) is 36.8 Å². The maximum atomic E-state index is 5.98. The zero-order valence-corrected chi connectivity index (χ0v) is 17.2. The van der Waals surface area contributed by atoms with Crippen LogP contribution in [0.3, 0.4) is 0 Å². The number of aromatic nitrogens is 6. The number of imidazole rings is 2. The second-order valence-corrected chi connectivity index (χ2v) is 7.68. The predicted molar refractivity (Wildman–Crippen MR) is 122 cm³/mol. The topological polar surface area (TPSA) is 123 Å². The molecule has 4 aromatic heterocycles. The Morgan fingerprint density at radius 2 is 2.00 bits per heavy atom. The molecule has 0 atom stereocenters. The lowest BCUT2D eigenvalue weighted by molar-refractivity contribution is 0.709. The van der Waals surface area contributed by atoms with Crippen LogP contribution in [0.2, 0.25) is 0 Å². The molecule has 0 saturated heterocycles. The van der Waals surface area contributed by atoms with Crippen molar-refractivity contribution in [1.82, 2.24) is 34.9 Å². The predicted octanol–water partition coefficient (Wildman–Crippen LogP) is 2.95. The van der Waals surface area contributed by atoms with Crippen molar-refractivity contribution in [3.63, 3.8) is 0 Å². The Kier molecular flexibility index (Phi) is 4.00. The molecule has 0 bridgehead atoms. The Bertz CT molecular complexity index is 1510. The van der Waals surface area contributed by atoms with E-state index in [1.807, 2.05) is 54.2 Å². The van der Waals surface area contributed by atoms with Crippen LogP contribution in [-0.2, 0) is 6.54 Å². The summed E-state index contributed by atoms with van der Waals surface area (Å²) >= 11 is 0. The number of nitrogens with one attached hydrogen (secondary N) is 2. The molecule has 0 saturated carbocycles. The van der Waals surface area contributed by atoms with Crippen molar-refractivity contribution < 1.29 is 0 Å². The number of aryl methyl sites for hydroxylation is 1. The molecule has 9 heteroatoms. The third kappa shape index (κ3) is 2.99. The minimum Gasteiger partial charge on any atom is -0.399 e. The van der Waals surface area contributed by atoms with E-state index in [-0.39, 0.29) is 0 Å². The lowest BCUT2D eigenvalue weighted by Gasteiger charge is -2.16. The van der Waals surface area contributed by atoms with Gasteiger partial charge in [0.05, 0.1) is 29.9 Å². The summed E-state index contributed by atoms with van der Waals surface area (Å²) < 4.78 is 1.95. The fourth-order valence-electron chi connectivity index (χ4n) is 3.93. The molecule has 0 amide bonds. The number of nitrogens with zero attached hydrogens (tertiary/aromatic N) is 6. The first kappa shape index (κ1) is 18.3. The molecule has 32 heavy (non-hydrogen) atoms. The van der Waals surface area contributed by atoms with Crippen molar-refractivity contribution >= 4 is 22.6 Å². The number of hydrogen-bond acceptors (Lipinski definition) is 7. The molecule has 9 nitrogen and oxygen atoms in total. The SMILES string of the molecule is Cc1cn(-c2ccnc3nc(C4=NNCc5ncc(-c6cccc(N)c6)cc54)[nH]c23)cn1. The molecular formula is C23H19N9. The zero-order chi connectivity index (χ0) is 21.7. The standard InChI is InChI=1S/C23H19N9/c1-13-11-32(12-27-13)19-5-6-25-22-21(19)29-23(30-22)20-17-8-15(9-26-18(17)10-28-31-20)14-3-2-4-16(24)7-14/h2-9,11-12,28H,10,24H2,1H3,(H,25,29,30). The van der Waals surface area contributed by atoms with Crippen LogP contribution in [0.5, 0.6) is 0 Å². The molecule has 1 aromatic carbocycles. The first-order valence-corrected chi connectivity index (χ1v) is 10.2. The van der Waals surface area contributed by atoms with Gasteiger partial charge < -0.3 is 20.7 Å². The van der Waals surface area contributed by atoms with Crippen molar-refractivity contribution in [3.05, 3.63) is 84.1 Å². The Morgan fingerprint density at radius 3 is 2.84 bits per heavy atom.